The molecule has 1 unspecified atom stereocenters. The smallest absolute Gasteiger partial charge is 0.258 e. The van der Waals surface area contributed by atoms with Crippen LogP contribution >= 0.6 is 0 Å². The maximum atomic E-state index is 12.2. The summed E-state index contributed by atoms with van der Waals surface area (Å²) in [7, 11) is 0. The first-order valence-electron chi connectivity index (χ1n) is 8.06. The van der Waals surface area contributed by atoms with E-state index >= 15 is 0 Å². The highest BCUT2D eigenvalue weighted by Crippen LogP contribution is 2.36. The number of benzene rings is 2. The second-order valence-electron chi connectivity index (χ2n) is 6.01. The Morgan fingerprint density at radius 2 is 1.57 bits per heavy atom. The Morgan fingerprint density at radius 3 is 2.22 bits per heavy atom. The zero-order chi connectivity index (χ0) is 16.3. The van der Waals surface area contributed by atoms with Crippen LogP contribution in [0.5, 0.6) is 0 Å². The van der Waals surface area contributed by atoms with E-state index in [0.717, 1.165) is 31.6 Å². The summed E-state index contributed by atoms with van der Waals surface area (Å²) >= 11 is 0. The van der Waals surface area contributed by atoms with Crippen molar-refractivity contribution in [1.82, 2.24) is 0 Å². The van der Waals surface area contributed by atoms with Gasteiger partial charge in [0.15, 0.2) is 5.60 Å². The second-order valence-corrected chi connectivity index (χ2v) is 6.01. The number of carbonyl (C=O) groups excluding carboxylic acids is 1. The Balaban J connectivity index is 2.13. The molecule has 0 bridgehead atoms. The van der Waals surface area contributed by atoms with Gasteiger partial charge in [-0.2, -0.15) is 0 Å². The number of hydrogen-bond donors (Lipinski definition) is 2. The molecule has 1 aliphatic heterocycles. The summed E-state index contributed by atoms with van der Waals surface area (Å²) in [5, 5.41) is 11.2. The lowest BCUT2D eigenvalue weighted by atomic mass is 9.84. The molecule has 4 heteroatoms. The number of nitrogens with two attached hydrogens (primary N) is 1. The molecule has 0 spiro atoms. The van der Waals surface area contributed by atoms with Gasteiger partial charge in [-0.25, -0.2) is 0 Å². The fraction of sp³-hybridized carbons (Fsp3) is 0.316. The highest BCUT2D eigenvalue weighted by atomic mass is 16.3. The molecule has 3 N–H and O–H groups in total. The molecule has 1 fully saturated rings. The van der Waals surface area contributed by atoms with E-state index in [-0.39, 0.29) is 0 Å². The van der Waals surface area contributed by atoms with Gasteiger partial charge in [0.2, 0.25) is 0 Å². The highest BCUT2D eigenvalue weighted by molar-refractivity contribution is 5.90. The fourth-order valence-corrected chi connectivity index (χ4v) is 3.30. The van der Waals surface area contributed by atoms with Crippen molar-refractivity contribution in [1.29, 1.82) is 0 Å². The Morgan fingerprint density at radius 1 is 0.957 bits per heavy atom. The van der Waals surface area contributed by atoms with Gasteiger partial charge < -0.3 is 15.7 Å². The molecule has 1 aliphatic rings. The van der Waals surface area contributed by atoms with Crippen molar-refractivity contribution in [3.63, 3.8) is 0 Å². The molecule has 0 aliphatic carbocycles. The molecule has 1 amide bonds. The average molecular weight is 310 g/mol. The number of rotatable bonds is 4. The number of piperidine rings is 1. The van der Waals surface area contributed by atoms with Crippen molar-refractivity contribution in [2.75, 3.05) is 18.0 Å². The van der Waals surface area contributed by atoms with Crippen molar-refractivity contribution in [3.05, 3.63) is 65.7 Å². The van der Waals surface area contributed by atoms with Gasteiger partial charge in [-0.05, 0) is 30.9 Å². The van der Waals surface area contributed by atoms with E-state index in [1.165, 1.54) is 6.42 Å². The monoisotopic (exact) mass is 310 g/mol. The molecule has 1 saturated heterocycles. The van der Waals surface area contributed by atoms with Crippen LogP contribution in [0.3, 0.4) is 0 Å². The normalized spacial score (nSPS) is 17.5. The van der Waals surface area contributed by atoms with E-state index in [4.69, 9.17) is 5.73 Å². The third-order valence-electron chi connectivity index (χ3n) is 4.54. The van der Waals surface area contributed by atoms with E-state index in [2.05, 4.69) is 4.90 Å². The largest absolute Gasteiger partial charge is 0.372 e. The van der Waals surface area contributed by atoms with Crippen LogP contribution in [0.1, 0.15) is 30.4 Å². The number of anilines is 1. The Bertz CT molecular complexity index is 681. The quantitative estimate of drug-likeness (QED) is 0.911. The summed E-state index contributed by atoms with van der Waals surface area (Å²) in [6, 6.07) is 16.4. The molecular formula is C19H22N2O2. The summed E-state index contributed by atoms with van der Waals surface area (Å²) in [5.41, 5.74) is 5.74. The first-order chi connectivity index (χ1) is 11.1. The number of primary amides is 1. The maximum Gasteiger partial charge on any atom is 0.258 e. The number of amides is 1. The minimum atomic E-state index is -1.82. The molecule has 4 nitrogen and oxygen atoms in total. The molecule has 2 aromatic rings. The standard InChI is InChI=1S/C19H22N2O2/c20-18(22)19(23,15-9-3-1-4-10-15)16-11-5-6-12-17(16)21-13-7-2-8-14-21/h1,3-6,9-12,23H,2,7-8,13-14H2,(H2,20,22). The maximum absolute atomic E-state index is 12.2. The van der Waals surface area contributed by atoms with Gasteiger partial charge in [-0.3, -0.25) is 4.79 Å². The summed E-state index contributed by atoms with van der Waals surface area (Å²) < 4.78 is 0. The molecule has 1 heterocycles. The third-order valence-corrected chi connectivity index (χ3v) is 4.54. The van der Waals surface area contributed by atoms with Gasteiger partial charge >= 0.3 is 0 Å². The van der Waals surface area contributed by atoms with Gasteiger partial charge in [0.05, 0.1) is 0 Å². The lowest BCUT2D eigenvalue weighted by Crippen LogP contribution is -2.44. The first kappa shape index (κ1) is 15.6. The fourth-order valence-electron chi connectivity index (χ4n) is 3.30. The third kappa shape index (κ3) is 2.82. The Labute approximate surface area is 136 Å². The molecule has 0 saturated carbocycles. The van der Waals surface area contributed by atoms with E-state index in [0.29, 0.717) is 11.1 Å². The summed E-state index contributed by atoms with van der Waals surface area (Å²) in [6.45, 7) is 1.86. The molecule has 1 atom stereocenters. The van der Waals surface area contributed by atoms with Gasteiger partial charge in [0.1, 0.15) is 0 Å². The highest BCUT2D eigenvalue weighted by Gasteiger charge is 2.40. The van der Waals surface area contributed by atoms with Crippen molar-refractivity contribution in [3.8, 4) is 0 Å². The molecule has 120 valence electrons. The Hall–Kier alpha value is -2.33. The average Bonchev–Trinajstić information content (AvgIpc) is 2.62. The van der Waals surface area contributed by atoms with Gasteiger partial charge in [-0.15, -0.1) is 0 Å². The molecule has 0 aromatic heterocycles. The van der Waals surface area contributed by atoms with Crippen LogP contribution in [0, 0.1) is 0 Å². The summed E-state index contributed by atoms with van der Waals surface area (Å²) in [5.74, 6) is -0.756. The zero-order valence-corrected chi connectivity index (χ0v) is 13.1. The lowest BCUT2D eigenvalue weighted by molar-refractivity contribution is -0.133. The van der Waals surface area contributed by atoms with Crippen LogP contribution in [-0.2, 0) is 10.4 Å². The molecule has 0 radical (unpaired) electrons. The number of nitrogens with zero attached hydrogens (tertiary/aromatic N) is 1. The van der Waals surface area contributed by atoms with Gasteiger partial charge in [-0.1, -0.05) is 48.5 Å². The van der Waals surface area contributed by atoms with Crippen molar-refractivity contribution < 1.29 is 9.90 Å². The number of para-hydroxylation sites is 1. The number of aliphatic hydroxyl groups is 1. The number of hydrogen-bond acceptors (Lipinski definition) is 3. The van der Waals surface area contributed by atoms with Gasteiger partial charge in [0.25, 0.3) is 5.91 Å². The zero-order valence-electron chi connectivity index (χ0n) is 13.1. The van der Waals surface area contributed by atoms with Crippen molar-refractivity contribution in [2.45, 2.75) is 24.9 Å². The van der Waals surface area contributed by atoms with Crippen LogP contribution in [-0.4, -0.2) is 24.1 Å². The second kappa shape index (κ2) is 6.42. The van der Waals surface area contributed by atoms with E-state index in [1.54, 1.807) is 30.3 Å². The van der Waals surface area contributed by atoms with Crippen LogP contribution in [0.2, 0.25) is 0 Å². The summed E-state index contributed by atoms with van der Waals surface area (Å²) in [4.78, 5) is 14.4. The predicted molar refractivity (Wildman–Crippen MR) is 91.1 cm³/mol. The van der Waals surface area contributed by atoms with E-state index < -0.39 is 11.5 Å². The molecule has 2 aromatic carbocycles. The minimum Gasteiger partial charge on any atom is -0.372 e. The van der Waals surface area contributed by atoms with E-state index in [9.17, 15) is 9.90 Å². The van der Waals surface area contributed by atoms with Crippen LogP contribution < -0.4 is 10.6 Å². The lowest BCUT2D eigenvalue weighted by Gasteiger charge is -2.35. The van der Waals surface area contributed by atoms with Crippen LogP contribution in [0.15, 0.2) is 54.6 Å². The van der Waals surface area contributed by atoms with Crippen LogP contribution in [0.25, 0.3) is 0 Å². The SMILES string of the molecule is NC(=O)C(O)(c1ccccc1)c1ccccc1N1CCCCC1. The van der Waals surface area contributed by atoms with Crippen molar-refractivity contribution >= 4 is 11.6 Å². The molecule has 23 heavy (non-hydrogen) atoms. The van der Waals surface area contributed by atoms with Crippen molar-refractivity contribution in [2.24, 2.45) is 5.73 Å². The Kier molecular flexibility index (Phi) is 4.35. The first-order valence-corrected chi connectivity index (χ1v) is 8.06. The topological polar surface area (TPSA) is 66.6 Å². The van der Waals surface area contributed by atoms with E-state index in [1.807, 2.05) is 24.3 Å². The minimum absolute atomic E-state index is 0.497. The van der Waals surface area contributed by atoms with Gasteiger partial charge in [0, 0.05) is 24.3 Å². The molecular weight excluding hydrogens is 288 g/mol. The summed E-state index contributed by atoms with van der Waals surface area (Å²) in [6.07, 6.45) is 3.46. The predicted octanol–water partition coefficient (Wildman–Crippen LogP) is 2.40. The van der Waals surface area contributed by atoms with Crippen LogP contribution in [0.4, 0.5) is 5.69 Å². The number of carbonyl (C=O) groups is 1. The molecule has 3 rings (SSSR count).